The molecule has 104 valence electrons. The summed E-state index contributed by atoms with van der Waals surface area (Å²) < 4.78 is 1.45. The minimum atomic E-state index is -1.13. The highest BCUT2D eigenvalue weighted by atomic mass is 16.6. The summed E-state index contributed by atoms with van der Waals surface area (Å²) >= 11 is 0. The third-order valence-electron chi connectivity index (χ3n) is 2.83. The molecule has 0 spiro atoms. The fraction of sp³-hybridized carbons (Fsp3) is 0.250. The number of aromatic nitrogens is 3. The van der Waals surface area contributed by atoms with Crippen LogP contribution in [-0.4, -0.2) is 31.0 Å². The van der Waals surface area contributed by atoms with E-state index in [1.165, 1.54) is 16.8 Å². The molecular weight excluding hydrogens is 264 g/mol. The van der Waals surface area contributed by atoms with Gasteiger partial charge in [0.15, 0.2) is 5.69 Å². The van der Waals surface area contributed by atoms with Crippen LogP contribution in [0.4, 0.5) is 5.69 Å². The first-order chi connectivity index (χ1) is 9.52. The second-order valence-electron chi connectivity index (χ2n) is 4.13. The van der Waals surface area contributed by atoms with Gasteiger partial charge in [0.2, 0.25) is 0 Å². The Balaban J connectivity index is 2.33. The van der Waals surface area contributed by atoms with E-state index in [1.54, 1.807) is 19.1 Å². The molecule has 1 aromatic heterocycles. The molecule has 1 aromatic carbocycles. The molecule has 0 aliphatic carbocycles. The van der Waals surface area contributed by atoms with E-state index in [0.717, 1.165) is 0 Å². The molecule has 0 aliphatic heterocycles. The van der Waals surface area contributed by atoms with Gasteiger partial charge in [-0.2, -0.15) is 0 Å². The summed E-state index contributed by atoms with van der Waals surface area (Å²) in [5.74, 6) is -1.13. The Bertz CT molecular complexity index is 665. The normalized spacial score (nSPS) is 10.4. The number of nitro benzene ring substituents is 1. The van der Waals surface area contributed by atoms with Crippen molar-refractivity contribution < 1.29 is 14.8 Å². The SMILES string of the molecule is CCc1c(C(=O)O)nnn1Cc1cccc([N+](=O)[O-])c1. The summed E-state index contributed by atoms with van der Waals surface area (Å²) in [7, 11) is 0. The van der Waals surface area contributed by atoms with Crippen LogP contribution in [0.1, 0.15) is 28.7 Å². The lowest BCUT2D eigenvalue weighted by Crippen LogP contribution is -2.08. The van der Waals surface area contributed by atoms with Crippen LogP contribution in [0.5, 0.6) is 0 Å². The van der Waals surface area contributed by atoms with E-state index >= 15 is 0 Å². The number of nitro groups is 1. The third-order valence-corrected chi connectivity index (χ3v) is 2.83. The van der Waals surface area contributed by atoms with Gasteiger partial charge in [-0.1, -0.05) is 24.3 Å². The van der Waals surface area contributed by atoms with E-state index in [-0.39, 0.29) is 17.9 Å². The number of hydrogen-bond donors (Lipinski definition) is 1. The lowest BCUT2D eigenvalue weighted by molar-refractivity contribution is -0.384. The largest absolute Gasteiger partial charge is 0.476 e. The number of benzene rings is 1. The van der Waals surface area contributed by atoms with E-state index in [1.807, 2.05) is 0 Å². The third kappa shape index (κ3) is 2.63. The highest BCUT2D eigenvalue weighted by Crippen LogP contribution is 2.15. The predicted octanol–water partition coefficient (Wildman–Crippen LogP) is 1.50. The Morgan fingerprint density at radius 3 is 2.85 bits per heavy atom. The van der Waals surface area contributed by atoms with Crippen molar-refractivity contribution in [3.05, 3.63) is 51.3 Å². The summed E-state index contributed by atoms with van der Waals surface area (Å²) in [6.45, 7) is 2.04. The average Bonchev–Trinajstić information content (AvgIpc) is 2.82. The van der Waals surface area contributed by atoms with E-state index in [4.69, 9.17) is 5.11 Å². The molecule has 0 saturated carbocycles. The highest BCUT2D eigenvalue weighted by Gasteiger charge is 2.17. The number of carboxylic acid groups (broad SMARTS) is 1. The summed E-state index contributed by atoms with van der Waals surface area (Å²) in [6.07, 6.45) is 0.462. The first-order valence-electron chi connectivity index (χ1n) is 5.92. The van der Waals surface area contributed by atoms with Gasteiger partial charge < -0.3 is 5.11 Å². The smallest absolute Gasteiger partial charge is 0.358 e. The fourth-order valence-corrected chi connectivity index (χ4v) is 1.92. The second kappa shape index (κ2) is 5.47. The van der Waals surface area contributed by atoms with Crippen LogP contribution in [0.3, 0.4) is 0 Å². The second-order valence-corrected chi connectivity index (χ2v) is 4.13. The zero-order valence-electron chi connectivity index (χ0n) is 10.7. The van der Waals surface area contributed by atoms with Crippen LogP contribution in [0.15, 0.2) is 24.3 Å². The lowest BCUT2D eigenvalue weighted by Gasteiger charge is -2.05. The molecule has 0 aliphatic rings. The number of hydrogen-bond acceptors (Lipinski definition) is 5. The van der Waals surface area contributed by atoms with E-state index < -0.39 is 10.9 Å². The lowest BCUT2D eigenvalue weighted by atomic mass is 10.2. The van der Waals surface area contributed by atoms with Crippen molar-refractivity contribution in [2.45, 2.75) is 19.9 Å². The molecule has 0 unspecified atom stereocenters. The van der Waals surface area contributed by atoms with E-state index in [0.29, 0.717) is 17.7 Å². The van der Waals surface area contributed by atoms with Crippen molar-refractivity contribution in [2.75, 3.05) is 0 Å². The maximum absolute atomic E-state index is 11.0. The molecule has 0 fully saturated rings. The maximum atomic E-state index is 11.0. The number of aromatic carboxylic acids is 1. The minimum Gasteiger partial charge on any atom is -0.476 e. The zero-order chi connectivity index (χ0) is 14.7. The van der Waals surface area contributed by atoms with Crippen LogP contribution >= 0.6 is 0 Å². The standard InChI is InChI=1S/C12H12N4O4/c1-2-10-11(12(17)18)13-14-15(10)7-8-4-3-5-9(6-8)16(19)20/h3-6H,2,7H2,1H3,(H,17,18). The average molecular weight is 276 g/mol. The van der Waals surface area contributed by atoms with Crippen LogP contribution < -0.4 is 0 Å². The zero-order valence-corrected chi connectivity index (χ0v) is 10.7. The van der Waals surface area contributed by atoms with Crippen molar-refractivity contribution in [3.8, 4) is 0 Å². The van der Waals surface area contributed by atoms with Crippen LogP contribution in [0.25, 0.3) is 0 Å². The molecule has 20 heavy (non-hydrogen) atoms. The van der Waals surface area contributed by atoms with Crippen molar-refractivity contribution in [3.63, 3.8) is 0 Å². The van der Waals surface area contributed by atoms with Crippen molar-refractivity contribution in [1.29, 1.82) is 0 Å². The fourth-order valence-electron chi connectivity index (χ4n) is 1.92. The van der Waals surface area contributed by atoms with Crippen LogP contribution in [0.2, 0.25) is 0 Å². The molecule has 0 bridgehead atoms. The van der Waals surface area contributed by atoms with E-state index in [2.05, 4.69) is 10.3 Å². The quantitative estimate of drug-likeness (QED) is 0.654. The molecule has 2 rings (SSSR count). The van der Waals surface area contributed by atoms with Gasteiger partial charge in [0.05, 0.1) is 17.2 Å². The predicted molar refractivity (Wildman–Crippen MR) is 68.6 cm³/mol. The summed E-state index contributed by atoms with van der Waals surface area (Å²) in [5, 5.41) is 27.1. The topological polar surface area (TPSA) is 111 Å². The van der Waals surface area contributed by atoms with Crippen molar-refractivity contribution >= 4 is 11.7 Å². The number of non-ortho nitro benzene ring substituents is 1. The van der Waals surface area contributed by atoms with Gasteiger partial charge in [-0.15, -0.1) is 5.10 Å². The number of rotatable bonds is 5. The number of carboxylic acids is 1. The molecule has 8 heteroatoms. The Labute approximate surface area is 113 Å². The molecule has 2 aromatic rings. The highest BCUT2D eigenvalue weighted by molar-refractivity contribution is 5.86. The Kier molecular flexibility index (Phi) is 3.74. The van der Waals surface area contributed by atoms with Crippen molar-refractivity contribution in [1.82, 2.24) is 15.0 Å². The van der Waals surface area contributed by atoms with Gasteiger partial charge in [-0.05, 0) is 12.0 Å². The molecule has 1 N–H and O–H groups in total. The molecule has 0 amide bonds. The maximum Gasteiger partial charge on any atom is 0.358 e. The van der Waals surface area contributed by atoms with Crippen LogP contribution in [-0.2, 0) is 13.0 Å². The summed E-state index contributed by atoms with van der Waals surface area (Å²) in [5.41, 5.74) is 1.05. The van der Waals surface area contributed by atoms with Gasteiger partial charge in [-0.25, -0.2) is 9.48 Å². The van der Waals surface area contributed by atoms with Gasteiger partial charge in [0, 0.05) is 12.1 Å². The van der Waals surface area contributed by atoms with Gasteiger partial charge in [0.1, 0.15) is 0 Å². The van der Waals surface area contributed by atoms with Gasteiger partial charge >= 0.3 is 5.97 Å². The van der Waals surface area contributed by atoms with Gasteiger partial charge in [-0.3, -0.25) is 10.1 Å². The Morgan fingerprint density at radius 2 is 2.25 bits per heavy atom. The van der Waals surface area contributed by atoms with Gasteiger partial charge in [0.25, 0.3) is 5.69 Å². The summed E-state index contributed by atoms with van der Waals surface area (Å²) in [6, 6.07) is 6.12. The molecule has 0 radical (unpaired) electrons. The van der Waals surface area contributed by atoms with Crippen LogP contribution in [0, 0.1) is 10.1 Å². The summed E-state index contributed by atoms with van der Waals surface area (Å²) in [4.78, 5) is 21.2. The first kappa shape index (κ1) is 13.7. The molecule has 1 heterocycles. The molecule has 0 atom stereocenters. The minimum absolute atomic E-state index is 0.0147. The first-order valence-corrected chi connectivity index (χ1v) is 5.92. The Hall–Kier alpha value is -2.77. The molecular formula is C12H12N4O4. The number of nitrogens with zero attached hydrogens (tertiary/aromatic N) is 4. The molecule has 8 nitrogen and oxygen atoms in total. The monoisotopic (exact) mass is 276 g/mol. The Morgan fingerprint density at radius 1 is 1.50 bits per heavy atom. The van der Waals surface area contributed by atoms with E-state index in [9.17, 15) is 14.9 Å². The number of carbonyl (C=O) groups is 1. The molecule has 0 saturated heterocycles. The van der Waals surface area contributed by atoms with Crippen molar-refractivity contribution in [2.24, 2.45) is 0 Å².